The van der Waals surface area contributed by atoms with E-state index in [0.717, 1.165) is 28.3 Å². The monoisotopic (exact) mass is 348 g/mol. The van der Waals surface area contributed by atoms with E-state index < -0.39 is 0 Å². The molecule has 3 aromatic rings. The lowest BCUT2D eigenvalue weighted by molar-refractivity contribution is 0.101. The fraction of sp³-hybridized carbons (Fsp3) is 0.136. The van der Waals surface area contributed by atoms with Gasteiger partial charge in [0.15, 0.2) is 5.78 Å². The van der Waals surface area contributed by atoms with Gasteiger partial charge in [-0.05, 0) is 23.4 Å². The van der Waals surface area contributed by atoms with Crippen molar-refractivity contribution >= 4 is 25.0 Å². The van der Waals surface area contributed by atoms with Crippen LogP contribution in [0.2, 0.25) is 0 Å². The van der Waals surface area contributed by atoms with E-state index in [2.05, 4.69) is 42.5 Å². The lowest BCUT2D eigenvalue weighted by Crippen LogP contribution is -2.14. The van der Waals surface area contributed by atoms with Gasteiger partial charge in [0, 0.05) is 17.3 Å². The molecule has 1 unspecified atom stereocenters. The van der Waals surface area contributed by atoms with Crippen molar-refractivity contribution in [2.24, 2.45) is 0 Å². The van der Waals surface area contributed by atoms with E-state index in [-0.39, 0.29) is 5.78 Å². The predicted octanol–water partition coefficient (Wildman–Crippen LogP) is 4.12. The number of benzene rings is 3. The molecule has 3 aromatic carbocycles. The molecule has 0 aliphatic rings. The molecule has 0 heterocycles. The Bertz CT molecular complexity index is 872. The van der Waals surface area contributed by atoms with Gasteiger partial charge in [0.25, 0.3) is 0 Å². The third-order valence-corrected chi connectivity index (χ3v) is 5.48. The van der Waals surface area contributed by atoms with Crippen LogP contribution in [0.4, 0.5) is 0 Å². The Morgan fingerprint density at radius 1 is 0.880 bits per heavy atom. The van der Waals surface area contributed by atoms with Gasteiger partial charge in [-0.1, -0.05) is 81.4 Å². The van der Waals surface area contributed by atoms with E-state index in [1.54, 1.807) is 14.0 Å². The van der Waals surface area contributed by atoms with Gasteiger partial charge in [0.05, 0.1) is 7.11 Å². The quantitative estimate of drug-likeness (QED) is 0.495. The Kier molecular flexibility index (Phi) is 5.63. The van der Waals surface area contributed by atoms with Crippen molar-refractivity contribution in [2.75, 3.05) is 7.11 Å². The first-order valence-corrected chi connectivity index (χ1v) is 9.26. The Morgan fingerprint density at radius 3 is 2.28 bits per heavy atom. The van der Waals surface area contributed by atoms with Crippen LogP contribution in [0.1, 0.15) is 28.4 Å². The molecule has 0 fully saturated rings. The summed E-state index contributed by atoms with van der Waals surface area (Å²) in [6, 6.07) is 24.5. The fourth-order valence-electron chi connectivity index (χ4n) is 2.92. The van der Waals surface area contributed by atoms with E-state index in [4.69, 9.17) is 4.74 Å². The average Bonchev–Trinajstić information content (AvgIpc) is 2.63. The molecule has 25 heavy (non-hydrogen) atoms. The molecular weight excluding hydrogens is 327 g/mol. The topological polar surface area (TPSA) is 26.3 Å². The Balaban J connectivity index is 1.95. The average molecular weight is 348 g/mol. The van der Waals surface area contributed by atoms with Crippen molar-refractivity contribution in [1.82, 2.24) is 0 Å². The van der Waals surface area contributed by atoms with Crippen LogP contribution in [0.3, 0.4) is 0 Å². The second-order valence-electron chi connectivity index (χ2n) is 5.89. The smallest absolute Gasteiger partial charge is 0.160 e. The predicted molar refractivity (Wildman–Crippen MR) is 106 cm³/mol. The Labute approximate surface area is 150 Å². The standard InChI is InChI=1S/C22H21O2P/c1-16(23)19-12-6-7-13-20(19)25-21-14-8-11-18(22(21)24-2)15-17-9-4-3-5-10-17/h3-14,25H,15H2,1-2H3. The zero-order valence-electron chi connectivity index (χ0n) is 14.5. The Morgan fingerprint density at radius 2 is 1.56 bits per heavy atom. The maximum absolute atomic E-state index is 11.9. The van der Waals surface area contributed by atoms with Gasteiger partial charge < -0.3 is 4.74 Å². The minimum absolute atomic E-state index is 0.0995. The maximum Gasteiger partial charge on any atom is 0.160 e. The van der Waals surface area contributed by atoms with Crippen LogP contribution in [-0.2, 0) is 6.42 Å². The number of para-hydroxylation sites is 1. The number of hydrogen-bond acceptors (Lipinski definition) is 2. The van der Waals surface area contributed by atoms with Gasteiger partial charge in [0.2, 0.25) is 0 Å². The van der Waals surface area contributed by atoms with Crippen LogP contribution in [0.15, 0.2) is 72.8 Å². The highest BCUT2D eigenvalue weighted by atomic mass is 31.1. The van der Waals surface area contributed by atoms with Gasteiger partial charge in [-0.25, -0.2) is 0 Å². The molecule has 3 heteroatoms. The number of ketones is 1. The minimum atomic E-state index is 0.0995. The number of carbonyl (C=O) groups excluding carboxylic acids is 1. The summed E-state index contributed by atoms with van der Waals surface area (Å²) >= 11 is 0. The third kappa shape index (κ3) is 4.15. The van der Waals surface area contributed by atoms with Gasteiger partial charge in [0.1, 0.15) is 5.75 Å². The van der Waals surface area contributed by atoms with Gasteiger partial charge in [-0.3, -0.25) is 4.79 Å². The molecule has 0 radical (unpaired) electrons. The molecule has 0 aliphatic carbocycles. The summed E-state index contributed by atoms with van der Waals surface area (Å²) in [6.45, 7) is 1.62. The van der Waals surface area contributed by atoms with Crippen molar-refractivity contribution in [3.05, 3.63) is 89.5 Å². The summed E-state index contributed by atoms with van der Waals surface area (Å²) in [4.78, 5) is 11.9. The molecule has 0 saturated heterocycles. The van der Waals surface area contributed by atoms with Crippen molar-refractivity contribution in [3.63, 3.8) is 0 Å². The van der Waals surface area contributed by atoms with E-state index in [1.807, 2.05) is 30.3 Å². The lowest BCUT2D eigenvalue weighted by atomic mass is 10.0. The second-order valence-corrected chi connectivity index (χ2v) is 7.21. The second kappa shape index (κ2) is 8.09. The van der Waals surface area contributed by atoms with Crippen molar-refractivity contribution < 1.29 is 9.53 Å². The number of methoxy groups -OCH3 is 1. The number of rotatable bonds is 6. The fourth-order valence-corrected chi connectivity index (χ4v) is 4.34. The van der Waals surface area contributed by atoms with Crippen LogP contribution in [0, 0.1) is 0 Å². The largest absolute Gasteiger partial charge is 0.496 e. The molecule has 0 aliphatic heterocycles. The summed E-state index contributed by atoms with van der Waals surface area (Å²) in [5.74, 6) is 1.02. The van der Waals surface area contributed by atoms with Crippen LogP contribution >= 0.6 is 8.58 Å². The number of Topliss-reactive ketones (excluding diaryl/α,β-unsaturated/α-hetero) is 1. The molecule has 2 nitrogen and oxygen atoms in total. The van der Waals surface area contributed by atoms with Gasteiger partial charge in [-0.15, -0.1) is 0 Å². The van der Waals surface area contributed by atoms with Crippen LogP contribution in [0.25, 0.3) is 0 Å². The summed E-state index contributed by atoms with van der Waals surface area (Å²) in [7, 11) is 2.10. The van der Waals surface area contributed by atoms with Crippen molar-refractivity contribution in [2.45, 2.75) is 13.3 Å². The zero-order chi connectivity index (χ0) is 17.6. The summed E-state index contributed by atoms with van der Waals surface area (Å²) in [5, 5.41) is 2.19. The molecule has 1 atom stereocenters. The number of ether oxygens (including phenoxy) is 1. The molecule has 0 saturated carbocycles. The highest BCUT2D eigenvalue weighted by Gasteiger charge is 2.13. The molecular formula is C22H21O2P. The molecule has 0 amide bonds. The maximum atomic E-state index is 11.9. The van der Waals surface area contributed by atoms with Crippen molar-refractivity contribution in [1.29, 1.82) is 0 Å². The first-order valence-electron chi connectivity index (χ1n) is 8.26. The van der Waals surface area contributed by atoms with Crippen LogP contribution in [0.5, 0.6) is 5.75 Å². The summed E-state index contributed by atoms with van der Waals surface area (Å²) < 4.78 is 5.74. The van der Waals surface area contributed by atoms with Crippen LogP contribution < -0.4 is 15.3 Å². The molecule has 0 aromatic heterocycles. The highest BCUT2D eigenvalue weighted by Crippen LogP contribution is 2.26. The molecule has 0 N–H and O–H groups in total. The minimum Gasteiger partial charge on any atom is -0.496 e. The molecule has 0 bridgehead atoms. The molecule has 3 rings (SSSR count). The summed E-state index contributed by atoms with van der Waals surface area (Å²) in [6.07, 6.45) is 0.830. The normalized spacial score (nSPS) is 11.0. The zero-order valence-corrected chi connectivity index (χ0v) is 15.5. The third-order valence-electron chi connectivity index (χ3n) is 4.11. The van der Waals surface area contributed by atoms with Gasteiger partial charge in [-0.2, -0.15) is 0 Å². The molecule has 126 valence electrons. The number of hydrogen-bond donors (Lipinski definition) is 0. The molecule has 0 spiro atoms. The lowest BCUT2D eigenvalue weighted by Gasteiger charge is -2.15. The number of carbonyl (C=O) groups is 1. The van der Waals surface area contributed by atoms with E-state index in [1.165, 1.54) is 11.1 Å². The van der Waals surface area contributed by atoms with E-state index >= 15 is 0 Å². The summed E-state index contributed by atoms with van der Waals surface area (Å²) in [5.41, 5.74) is 3.21. The van der Waals surface area contributed by atoms with E-state index in [0.29, 0.717) is 8.58 Å². The van der Waals surface area contributed by atoms with Crippen molar-refractivity contribution in [3.8, 4) is 5.75 Å². The SMILES string of the molecule is COc1c(Cc2ccccc2)cccc1Pc1ccccc1C(C)=O. The van der Waals surface area contributed by atoms with Crippen LogP contribution in [-0.4, -0.2) is 12.9 Å². The van der Waals surface area contributed by atoms with E-state index in [9.17, 15) is 4.79 Å². The van der Waals surface area contributed by atoms with Gasteiger partial charge >= 0.3 is 0 Å². The Hall–Kier alpha value is -2.44. The first-order chi connectivity index (χ1) is 12.2. The highest BCUT2D eigenvalue weighted by molar-refractivity contribution is 7.56. The first kappa shape index (κ1) is 17.4.